The Kier molecular flexibility index (Phi) is 51.1. The van der Waals surface area contributed by atoms with Crippen molar-refractivity contribution in [2.24, 2.45) is 0 Å². The fraction of sp³-hybridized carbons (Fsp3) is 0.979. The average Bonchev–Trinajstić information content (AvgIpc) is 3.12. The maximum atomic E-state index is 10.9. The summed E-state index contributed by atoms with van der Waals surface area (Å²) < 4.78 is 0. The number of carboxylic acid groups (broad SMARTS) is 1. The molecule has 52 heavy (non-hydrogen) atoms. The second-order valence-electron chi connectivity index (χ2n) is 16.8. The molecule has 3 nitrogen and oxygen atoms in total. The van der Waals surface area contributed by atoms with Crippen molar-refractivity contribution in [3.05, 3.63) is 0 Å². The van der Waals surface area contributed by atoms with Crippen LogP contribution in [0.5, 0.6) is 0 Å². The number of hydrogen-bond acceptors (Lipinski definition) is 3. The second kappa shape index (κ2) is 49.0. The van der Waals surface area contributed by atoms with Gasteiger partial charge in [-0.25, -0.2) is 0 Å². The first kappa shape index (κ1) is 54.1. The van der Waals surface area contributed by atoms with Gasteiger partial charge in [0.25, 0.3) is 0 Å². The van der Waals surface area contributed by atoms with Crippen LogP contribution in [0.4, 0.5) is 0 Å². The molecule has 0 rings (SSSR count). The molecule has 306 valence electrons. The van der Waals surface area contributed by atoms with E-state index in [1.165, 1.54) is 257 Å². The van der Waals surface area contributed by atoms with Crippen molar-refractivity contribution in [2.45, 2.75) is 284 Å². The molecule has 0 aromatic heterocycles. The number of aliphatic carboxylic acids is 1. The van der Waals surface area contributed by atoms with Crippen molar-refractivity contribution in [3.63, 3.8) is 0 Å². The predicted octanol–water partition coefficient (Wildman–Crippen LogP) is 12.5. The minimum Gasteiger partial charge on any atom is -0.550 e. The molecular formula is C48H96LiNO2. The van der Waals surface area contributed by atoms with Crippen LogP contribution in [0.2, 0.25) is 0 Å². The molecule has 4 heteroatoms. The third-order valence-electron chi connectivity index (χ3n) is 11.5. The summed E-state index contributed by atoms with van der Waals surface area (Å²) >= 11 is 0. The number of hydrogen-bond donors (Lipinski definition) is 0. The summed E-state index contributed by atoms with van der Waals surface area (Å²) in [5.74, 6) is -0.896. The number of carbonyl (C=O) groups is 1. The molecule has 0 bridgehead atoms. The second-order valence-corrected chi connectivity index (χ2v) is 16.8. The van der Waals surface area contributed by atoms with Gasteiger partial charge in [0.1, 0.15) is 0 Å². The quantitative estimate of drug-likeness (QED) is 0.0463. The van der Waals surface area contributed by atoms with Crippen molar-refractivity contribution in [3.8, 4) is 0 Å². The van der Waals surface area contributed by atoms with Gasteiger partial charge in [0.05, 0.1) is 0 Å². The molecule has 0 radical (unpaired) electrons. The Morgan fingerprint density at radius 1 is 0.308 bits per heavy atom. The summed E-state index contributed by atoms with van der Waals surface area (Å²) in [5.41, 5.74) is 0. The maximum absolute atomic E-state index is 10.9. The molecule has 0 atom stereocenters. The minimum atomic E-state index is -0.896. The SMILES string of the molecule is CCCCCCCCCCCCCCCCCCCCCCN(CCCCCCCCCCCCCCCCCCCCCC)CCCC(=O)[O-].[Li+]. The zero-order chi connectivity index (χ0) is 37.0. The van der Waals surface area contributed by atoms with E-state index in [-0.39, 0.29) is 25.3 Å². The van der Waals surface area contributed by atoms with Gasteiger partial charge in [-0.1, -0.05) is 258 Å². The Hall–Kier alpha value is 0.0274. The van der Waals surface area contributed by atoms with E-state index in [0.29, 0.717) is 0 Å². The van der Waals surface area contributed by atoms with Gasteiger partial charge in [-0.2, -0.15) is 0 Å². The molecule has 0 heterocycles. The zero-order valence-electron chi connectivity index (χ0n) is 36.6. The van der Waals surface area contributed by atoms with Crippen LogP contribution in [-0.4, -0.2) is 30.5 Å². The number of carbonyl (C=O) groups excluding carboxylic acids is 1. The van der Waals surface area contributed by atoms with Crippen LogP contribution in [0.1, 0.15) is 284 Å². The maximum Gasteiger partial charge on any atom is 1.00 e. The van der Waals surface area contributed by atoms with Crippen molar-refractivity contribution >= 4 is 5.97 Å². The predicted molar refractivity (Wildman–Crippen MR) is 227 cm³/mol. The molecule has 0 spiro atoms. The molecule has 0 aliphatic heterocycles. The smallest absolute Gasteiger partial charge is 0.550 e. The zero-order valence-corrected chi connectivity index (χ0v) is 36.6. The summed E-state index contributed by atoms with van der Waals surface area (Å²) in [6, 6.07) is 0. The van der Waals surface area contributed by atoms with Crippen molar-refractivity contribution in [1.82, 2.24) is 4.90 Å². The molecule has 0 aliphatic rings. The number of carboxylic acids is 1. The topological polar surface area (TPSA) is 43.4 Å². The summed E-state index contributed by atoms with van der Waals surface area (Å²) in [7, 11) is 0. The van der Waals surface area contributed by atoms with E-state index in [1.807, 2.05) is 0 Å². The van der Waals surface area contributed by atoms with E-state index >= 15 is 0 Å². The molecule has 0 unspecified atom stereocenters. The molecule has 0 amide bonds. The van der Waals surface area contributed by atoms with E-state index in [9.17, 15) is 9.90 Å². The van der Waals surface area contributed by atoms with Gasteiger partial charge in [0.15, 0.2) is 0 Å². The third kappa shape index (κ3) is 48.0. The van der Waals surface area contributed by atoms with Gasteiger partial charge < -0.3 is 14.8 Å². The van der Waals surface area contributed by atoms with Crippen molar-refractivity contribution in [2.75, 3.05) is 19.6 Å². The first-order chi connectivity index (χ1) is 25.2. The summed E-state index contributed by atoms with van der Waals surface area (Å²) in [5, 5.41) is 10.9. The number of rotatable bonds is 46. The van der Waals surface area contributed by atoms with E-state index in [1.54, 1.807) is 0 Å². The number of unbranched alkanes of at least 4 members (excludes halogenated alkanes) is 38. The monoisotopic (exact) mass is 726 g/mol. The van der Waals surface area contributed by atoms with Gasteiger partial charge in [-0.05, 0) is 45.3 Å². The van der Waals surface area contributed by atoms with Gasteiger partial charge in [0.2, 0.25) is 0 Å². The molecular weight excluding hydrogens is 629 g/mol. The van der Waals surface area contributed by atoms with Crippen LogP contribution >= 0.6 is 0 Å². The van der Waals surface area contributed by atoms with Gasteiger partial charge in [0, 0.05) is 5.97 Å². The standard InChI is InChI=1S/C48H97NO2.Li/c1-3-5-7-9-11-13-15-17-19-21-23-25-27-29-31-33-35-37-39-41-45-49(47-43-44-48(50)51)46-42-40-38-36-34-32-30-28-26-24-22-20-18-16-14-12-10-8-6-4-2;/h3-47H2,1-2H3,(H,50,51);/q;+1/p-1. The fourth-order valence-corrected chi connectivity index (χ4v) is 7.96. The van der Waals surface area contributed by atoms with Crippen LogP contribution in [0.3, 0.4) is 0 Å². The van der Waals surface area contributed by atoms with E-state index in [4.69, 9.17) is 0 Å². The van der Waals surface area contributed by atoms with E-state index in [0.717, 1.165) is 26.1 Å². The van der Waals surface area contributed by atoms with E-state index in [2.05, 4.69) is 18.7 Å². The molecule has 0 saturated carbocycles. The van der Waals surface area contributed by atoms with Crippen LogP contribution in [0.25, 0.3) is 0 Å². The fourth-order valence-electron chi connectivity index (χ4n) is 7.96. The third-order valence-corrected chi connectivity index (χ3v) is 11.5. The van der Waals surface area contributed by atoms with Crippen LogP contribution < -0.4 is 24.0 Å². The largest absolute Gasteiger partial charge is 1.00 e. The first-order valence-corrected chi connectivity index (χ1v) is 24.1. The number of nitrogens with zero attached hydrogens (tertiary/aromatic N) is 1. The molecule has 0 aromatic rings. The first-order valence-electron chi connectivity index (χ1n) is 24.1. The average molecular weight is 726 g/mol. The Morgan fingerprint density at radius 2 is 0.481 bits per heavy atom. The summed E-state index contributed by atoms with van der Waals surface area (Å²) in [6.45, 7) is 7.81. The van der Waals surface area contributed by atoms with Crippen molar-refractivity contribution in [1.29, 1.82) is 0 Å². The van der Waals surface area contributed by atoms with Gasteiger partial charge in [-0.3, -0.25) is 0 Å². The van der Waals surface area contributed by atoms with Crippen molar-refractivity contribution < 1.29 is 28.8 Å². The molecule has 0 fully saturated rings. The minimum absolute atomic E-state index is 0. The van der Waals surface area contributed by atoms with E-state index < -0.39 is 5.97 Å². The Bertz CT molecular complexity index is 600. The Morgan fingerprint density at radius 3 is 0.673 bits per heavy atom. The van der Waals surface area contributed by atoms with Crippen LogP contribution in [0.15, 0.2) is 0 Å². The molecule has 0 aromatic carbocycles. The summed E-state index contributed by atoms with van der Waals surface area (Å²) in [6.07, 6.45) is 57.8. The Balaban J connectivity index is 0. The normalized spacial score (nSPS) is 11.4. The van der Waals surface area contributed by atoms with Gasteiger partial charge in [-0.15, -0.1) is 0 Å². The molecule has 0 saturated heterocycles. The van der Waals surface area contributed by atoms with Crippen LogP contribution in [-0.2, 0) is 4.79 Å². The van der Waals surface area contributed by atoms with Crippen LogP contribution in [0, 0.1) is 0 Å². The van der Waals surface area contributed by atoms with Gasteiger partial charge >= 0.3 is 18.9 Å². The molecule has 0 aliphatic carbocycles. The molecule has 0 N–H and O–H groups in total. The summed E-state index contributed by atoms with van der Waals surface area (Å²) in [4.78, 5) is 13.5. The Labute approximate surface area is 341 Å².